The van der Waals surface area contributed by atoms with Crippen molar-refractivity contribution >= 4 is 57.0 Å². The van der Waals surface area contributed by atoms with Crippen molar-refractivity contribution in [2.75, 3.05) is 0 Å². The molecule has 3 aromatic heterocycles. The number of hydrogen-bond acceptors (Lipinski definition) is 3. The lowest BCUT2D eigenvalue weighted by atomic mass is 10.0. The summed E-state index contributed by atoms with van der Waals surface area (Å²) in [5, 5.41) is 8.18. The summed E-state index contributed by atoms with van der Waals surface area (Å²) >= 11 is 6.11. The van der Waals surface area contributed by atoms with E-state index in [1.54, 1.807) is 29.5 Å². The maximum atomic E-state index is 2.53. The summed E-state index contributed by atoms with van der Waals surface area (Å²) in [6, 6.07) is 11.4. The van der Waals surface area contributed by atoms with Gasteiger partial charge in [0.1, 0.15) is 0 Å². The maximum absolute atomic E-state index is 2.53. The molecule has 3 aromatic rings. The molecule has 1 aliphatic rings. The topological polar surface area (TPSA) is 0 Å². The standard InChI is InChI=1S/C24H32S3Si/c1-4-7-9-18(6-3)17-28(22-12-11-19(27-22)10-8-5-2)20-13-15-25-23(20)24-21(28)14-16-26-24/h11-16,18H,4-10,17H2,1-3H3. The quantitative estimate of drug-likeness (QED) is 0.299. The van der Waals surface area contributed by atoms with Crippen molar-refractivity contribution in [1.82, 2.24) is 0 Å². The van der Waals surface area contributed by atoms with Crippen molar-refractivity contribution in [2.45, 2.75) is 71.8 Å². The third-order valence-corrected chi connectivity index (χ3v) is 16.0. The molecule has 1 aliphatic heterocycles. The van der Waals surface area contributed by atoms with Crippen LogP contribution in [-0.2, 0) is 6.42 Å². The van der Waals surface area contributed by atoms with Crippen molar-refractivity contribution in [3.05, 3.63) is 39.9 Å². The molecule has 0 aliphatic carbocycles. The van der Waals surface area contributed by atoms with Gasteiger partial charge >= 0.3 is 0 Å². The van der Waals surface area contributed by atoms with Crippen LogP contribution in [0.4, 0.5) is 0 Å². The fourth-order valence-corrected chi connectivity index (χ4v) is 16.2. The Morgan fingerprint density at radius 1 is 0.857 bits per heavy atom. The van der Waals surface area contributed by atoms with E-state index >= 15 is 0 Å². The average Bonchev–Trinajstić information content (AvgIpc) is 3.48. The molecule has 1 unspecified atom stereocenters. The van der Waals surface area contributed by atoms with Gasteiger partial charge in [-0.05, 0) is 52.0 Å². The molecule has 4 heterocycles. The SMILES string of the molecule is CCCCc1ccc([Si]2(CC(CC)CCCC)c3ccsc3-c3sccc32)s1. The zero-order chi connectivity index (χ0) is 19.6. The average molecular weight is 445 g/mol. The van der Waals surface area contributed by atoms with Crippen LogP contribution in [0.1, 0.15) is 64.2 Å². The van der Waals surface area contributed by atoms with E-state index in [4.69, 9.17) is 0 Å². The van der Waals surface area contributed by atoms with Crippen LogP contribution in [0.3, 0.4) is 0 Å². The fraction of sp³-hybridized carbons (Fsp3) is 0.500. The molecule has 0 aromatic carbocycles. The van der Waals surface area contributed by atoms with Crippen LogP contribution < -0.4 is 14.9 Å². The van der Waals surface area contributed by atoms with Crippen molar-refractivity contribution in [3.8, 4) is 9.75 Å². The van der Waals surface area contributed by atoms with E-state index in [1.807, 2.05) is 22.7 Å². The van der Waals surface area contributed by atoms with E-state index in [0.717, 1.165) is 5.92 Å². The molecule has 0 saturated carbocycles. The summed E-state index contributed by atoms with van der Waals surface area (Å²) in [6.07, 6.45) is 9.27. The molecule has 0 amide bonds. The van der Waals surface area contributed by atoms with Crippen molar-refractivity contribution < 1.29 is 0 Å². The van der Waals surface area contributed by atoms with Crippen LogP contribution in [0.25, 0.3) is 9.75 Å². The molecule has 1 atom stereocenters. The largest absolute Gasteiger partial charge is 0.164 e. The van der Waals surface area contributed by atoms with Gasteiger partial charge in [0.25, 0.3) is 0 Å². The Kier molecular flexibility index (Phi) is 6.61. The molecule has 0 radical (unpaired) electrons. The van der Waals surface area contributed by atoms with Gasteiger partial charge in [-0.15, -0.1) is 34.0 Å². The molecular formula is C24H32S3Si. The van der Waals surface area contributed by atoms with Gasteiger partial charge in [-0.3, -0.25) is 0 Å². The van der Waals surface area contributed by atoms with E-state index in [-0.39, 0.29) is 0 Å². The number of fused-ring (bicyclic) bond motifs is 3. The third kappa shape index (κ3) is 3.51. The minimum absolute atomic E-state index is 0.853. The van der Waals surface area contributed by atoms with E-state index in [2.05, 4.69) is 67.1 Å². The Morgan fingerprint density at radius 2 is 1.54 bits per heavy atom. The Bertz CT molecular complexity index is 860. The predicted molar refractivity (Wildman–Crippen MR) is 133 cm³/mol. The van der Waals surface area contributed by atoms with Crippen LogP contribution in [0, 0.1) is 5.92 Å². The van der Waals surface area contributed by atoms with Crippen LogP contribution in [0.5, 0.6) is 0 Å². The first kappa shape index (κ1) is 20.6. The van der Waals surface area contributed by atoms with Crippen LogP contribution in [0.2, 0.25) is 6.04 Å². The highest BCUT2D eigenvalue weighted by atomic mass is 32.1. The second-order valence-corrected chi connectivity index (χ2v) is 15.4. The van der Waals surface area contributed by atoms with Gasteiger partial charge in [0.15, 0.2) is 8.07 Å². The first-order valence-corrected chi connectivity index (χ1v) is 15.8. The van der Waals surface area contributed by atoms with E-state index in [1.165, 1.54) is 51.0 Å². The number of aryl methyl sites for hydroxylation is 1. The highest BCUT2D eigenvalue weighted by molar-refractivity contribution is 7.37. The van der Waals surface area contributed by atoms with Gasteiger partial charge in [0, 0.05) is 19.1 Å². The highest BCUT2D eigenvalue weighted by Crippen LogP contribution is 2.40. The summed E-state index contributed by atoms with van der Waals surface area (Å²) in [7, 11) is -1.86. The van der Waals surface area contributed by atoms with Crippen LogP contribution >= 0.6 is 34.0 Å². The molecule has 150 valence electrons. The fourth-order valence-electron chi connectivity index (χ4n) is 4.84. The van der Waals surface area contributed by atoms with E-state index in [0.29, 0.717) is 0 Å². The minimum atomic E-state index is -1.86. The molecule has 4 rings (SSSR count). The van der Waals surface area contributed by atoms with Gasteiger partial charge in [0.05, 0.1) is 0 Å². The lowest BCUT2D eigenvalue weighted by Crippen LogP contribution is -2.64. The van der Waals surface area contributed by atoms with Crippen LogP contribution in [-0.4, -0.2) is 8.07 Å². The van der Waals surface area contributed by atoms with Gasteiger partial charge < -0.3 is 0 Å². The highest BCUT2D eigenvalue weighted by Gasteiger charge is 2.50. The predicted octanol–water partition coefficient (Wildman–Crippen LogP) is 6.88. The molecule has 0 saturated heterocycles. The van der Waals surface area contributed by atoms with E-state index in [9.17, 15) is 0 Å². The second kappa shape index (κ2) is 8.99. The Labute approximate surface area is 183 Å². The summed E-state index contributed by atoms with van der Waals surface area (Å²) in [5.74, 6) is 0.853. The van der Waals surface area contributed by atoms with Gasteiger partial charge in [-0.25, -0.2) is 0 Å². The smallest absolute Gasteiger partial charge is 0.149 e. The molecule has 28 heavy (non-hydrogen) atoms. The zero-order valence-electron chi connectivity index (χ0n) is 17.4. The maximum Gasteiger partial charge on any atom is 0.164 e. The van der Waals surface area contributed by atoms with Crippen molar-refractivity contribution in [3.63, 3.8) is 0 Å². The number of thiophene rings is 3. The Morgan fingerprint density at radius 3 is 2.14 bits per heavy atom. The summed E-state index contributed by atoms with van der Waals surface area (Å²) in [5.41, 5.74) is 0. The summed E-state index contributed by atoms with van der Waals surface area (Å²) in [4.78, 5) is 4.81. The number of hydrogen-bond donors (Lipinski definition) is 0. The Hall–Kier alpha value is -0.683. The Balaban J connectivity index is 1.80. The van der Waals surface area contributed by atoms with Gasteiger partial charge in [-0.2, -0.15) is 0 Å². The normalized spacial score (nSPS) is 15.5. The molecule has 0 fully saturated rings. The molecule has 4 heteroatoms. The lowest BCUT2D eigenvalue weighted by molar-refractivity contribution is 0.488. The second-order valence-electron chi connectivity index (χ2n) is 8.22. The molecule has 0 spiro atoms. The van der Waals surface area contributed by atoms with Crippen molar-refractivity contribution in [1.29, 1.82) is 0 Å². The van der Waals surface area contributed by atoms with Gasteiger partial charge in [-0.1, -0.05) is 71.1 Å². The molecular weight excluding hydrogens is 413 g/mol. The molecule has 0 N–H and O–H groups in total. The number of rotatable bonds is 10. The minimum Gasteiger partial charge on any atom is -0.149 e. The summed E-state index contributed by atoms with van der Waals surface area (Å²) in [6.45, 7) is 7.06. The molecule has 0 nitrogen and oxygen atoms in total. The van der Waals surface area contributed by atoms with E-state index < -0.39 is 8.07 Å². The third-order valence-electron chi connectivity index (χ3n) is 6.45. The first-order valence-electron chi connectivity index (χ1n) is 11.0. The summed E-state index contributed by atoms with van der Waals surface area (Å²) < 4.78 is 1.73. The number of unbranched alkanes of at least 4 members (excludes halogenated alkanes) is 2. The molecule has 0 bridgehead atoms. The monoisotopic (exact) mass is 444 g/mol. The van der Waals surface area contributed by atoms with Crippen molar-refractivity contribution in [2.24, 2.45) is 5.92 Å². The first-order chi connectivity index (χ1) is 13.7. The van der Waals surface area contributed by atoms with Gasteiger partial charge in [0.2, 0.25) is 0 Å². The zero-order valence-corrected chi connectivity index (χ0v) is 20.9. The van der Waals surface area contributed by atoms with Crippen LogP contribution in [0.15, 0.2) is 35.0 Å². The lowest BCUT2D eigenvalue weighted by Gasteiger charge is -2.31.